The van der Waals surface area contributed by atoms with Crippen molar-refractivity contribution >= 4 is 42.3 Å². The molecule has 0 atom stereocenters. The zero-order valence-electron chi connectivity index (χ0n) is 36.5. The van der Waals surface area contributed by atoms with Crippen molar-refractivity contribution in [3.63, 3.8) is 0 Å². The van der Waals surface area contributed by atoms with E-state index in [4.69, 9.17) is 4.74 Å². The van der Waals surface area contributed by atoms with Crippen molar-refractivity contribution in [1.82, 2.24) is 0 Å². The highest BCUT2D eigenvalue weighted by Crippen LogP contribution is 2.64. The molecule has 0 fully saturated rings. The summed E-state index contributed by atoms with van der Waals surface area (Å²) in [5.41, 5.74) is 20.3. The summed E-state index contributed by atoms with van der Waals surface area (Å²) >= 11 is 1.86. The van der Waals surface area contributed by atoms with E-state index in [2.05, 4.69) is 211 Å². The number of hydrogen-bond acceptors (Lipinski definition) is 2. The van der Waals surface area contributed by atoms with Crippen LogP contribution in [0.25, 0.3) is 86.6 Å². The Bertz CT molecular complexity index is 3560. The molecule has 0 saturated heterocycles. The van der Waals surface area contributed by atoms with Gasteiger partial charge in [-0.3, -0.25) is 0 Å². The second-order valence-corrected chi connectivity index (χ2v) is 21.1. The van der Waals surface area contributed by atoms with Gasteiger partial charge in [-0.2, -0.15) is 0 Å². The van der Waals surface area contributed by atoms with Crippen LogP contribution < -0.4 is 4.74 Å². The molecule has 0 radical (unpaired) electrons. The predicted molar refractivity (Wildman–Crippen MR) is 267 cm³/mol. The van der Waals surface area contributed by atoms with E-state index in [0.717, 1.165) is 17.1 Å². The number of hydrogen-bond donors (Lipinski definition) is 0. The summed E-state index contributed by atoms with van der Waals surface area (Å²) in [4.78, 5) is 0. The molecule has 1 spiro atoms. The summed E-state index contributed by atoms with van der Waals surface area (Å²) in [6.07, 6.45) is 0. The van der Waals surface area contributed by atoms with Gasteiger partial charge < -0.3 is 4.74 Å². The predicted octanol–water partition coefficient (Wildman–Crippen LogP) is 17.3. The molecular formula is C61H46OS. The zero-order chi connectivity index (χ0) is 42.6. The average molecular weight is 827 g/mol. The highest BCUT2D eigenvalue weighted by Gasteiger charge is 2.52. The standard InChI is InChI=1S/C61H46OS/c1-59(2,3)38-21-24-43-44-25-22-39(60(4,5)6)34-53(44)61(52(43)33-38)50-16-9-7-12-41(50)42-23-18-36(32-51(42)61)35-19-27-54-48(30-35)47-15-11-14-46-40(26-28-55(62-54)58(46)47)37-20-29-57-49(31-37)45-13-8-10-17-56(45)63-57/h7-34H,1-6H3. The van der Waals surface area contributed by atoms with Gasteiger partial charge in [0.2, 0.25) is 0 Å². The largest absolute Gasteiger partial charge is 0.456 e. The highest BCUT2D eigenvalue weighted by atomic mass is 32.1. The lowest BCUT2D eigenvalue weighted by atomic mass is 9.68. The minimum Gasteiger partial charge on any atom is -0.456 e. The van der Waals surface area contributed by atoms with Gasteiger partial charge in [0.1, 0.15) is 11.5 Å². The van der Waals surface area contributed by atoms with Crippen molar-refractivity contribution in [3.8, 4) is 67.1 Å². The maximum absolute atomic E-state index is 6.80. The van der Waals surface area contributed by atoms with Crippen LogP contribution in [0.1, 0.15) is 74.9 Å². The van der Waals surface area contributed by atoms with Crippen molar-refractivity contribution in [1.29, 1.82) is 0 Å². The molecule has 2 heterocycles. The van der Waals surface area contributed by atoms with Crippen LogP contribution in [0.3, 0.4) is 0 Å². The minimum atomic E-state index is -0.453. The van der Waals surface area contributed by atoms with Gasteiger partial charge in [0.15, 0.2) is 0 Å². The first-order chi connectivity index (χ1) is 30.5. The van der Waals surface area contributed by atoms with Crippen molar-refractivity contribution in [2.24, 2.45) is 0 Å². The first-order valence-electron chi connectivity index (χ1n) is 22.3. The number of fused-ring (bicyclic) bond motifs is 15. The van der Waals surface area contributed by atoms with Crippen LogP contribution in [0.5, 0.6) is 11.5 Å². The molecule has 302 valence electrons. The molecule has 0 unspecified atom stereocenters. The fourth-order valence-electron chi connectivity index (χ4n) is 11.3. The van der Waals surface area contributed by atoms with Gasteiger partial charge in [0, 0.05) is 31.1 Å². The third-order valence-corrected chi connectivity index (χ3v) is 15.6. The quantitative estimate of drug-likeness (QED) is 0.169. The van der Waals surface area contributed by atoms with Crippen LogP contribution in [0.4, 0.5) is 0 Å². The van der Waals surface area contributed by atoms with Crippen molar-refractivity contribution < 1.29 is 4.74 Å². The van der Waals surface area contributed by atoms with Crippen molar-refractivity contribution in [2.75, 3.05) is 0 Å². The molecule has 1 nitrogen and oxygen atoms in total. The fraction of sp³-hybridized carbons (Fsp3) is 0.148. The van der Waals surface area contributed by atoms with E-state index < -0.39 is 5.41 Å². The lowest BCUT2D eigenvalue weighted by molar-refractivity contribution is 0.487. The van der Waals surface area contributed by atoms with Gasteiger partial charge in [-0.1, -0.05) is 169 Å². The molecule has 0 amide bonds. The molecule has 2 aliphatic carbocycles. The molecule has 1 aliphatic heterocycles. The Balaban J connectivity index is 0.995. The summed E-state index contributed by atoms with van der Waals surface area (Å²) < 4.78 is 9.44. The second kappa shape index (κ2) is 12.7. The van der Waals surface area contributed by atoms with Crippen molar-refractivity contribution in [3.05, 3.63) is 203 Å². The van der Waals surface area contributed by atoms with Crippen LogP contribution in [-0.4, -0.2) is 0 Å². The van der Waals surface area contributed by atoms with Crippen LogP contribution in [0.15, 0.2) is 170 Å². The maximum atomic E-state index is 6.80. The van der Waals surface area contributed by atoms with Crippen LogP contribution in [0.2, 0.25) is 0 Å². The number of thiophene rings is 1. The van der Waals surface area contributed by atoms with Gasteiger partial charge in [0.25, 0.3) is 0 Å². The summed E-state index contributed by atoms with van der Waals surface area (Å²) in [6, 6.07) is 64.7. The number of benzene rings is 9. The van der Waals surface area contributed by atoms with E-state index in [1.165, 1.54) is 114 Å². The van der Waals surface area contributed by atoms with Gasteiger partial charge in [0.05, 0.1) is 5.41 Å². The third-order valence-electron chi connectivity index (χ3n) is 14.4. The van der Waals surface area contributed by atoms with Crippen LogP contribution in [0, 0.1) is 0 Å². The van der Waals surface area contributed by atoms with Gasteiger partial charge >= 0.3 is 0 Å². The lowest BCUT2D eigenvalue weighted by Gasteiger charge is -2.33. The van der Waals surface area contributed by atoms with Crippen molar-refractivity contribution in [2.45, 2.75) is 57.8 Å². The summed E-state index contributed by atoms with van der Waals surface area (Å²) in [5.74, 6) is 1.80. The summed E-state index contributed by atoms with van der Waals surface area (Å²) in [5, 5.41) is 5.01. The molecule has 0 saturated carbocycles. The third kappa shape index (κ3) is 5.10. The Morgan fingerprint density at radius 2 is 0.921 bits per heavy atom. The first kappa shape index (κ1) is 36.9. The van der Waals surface area contributed by atoms with E-state index >= 15 is 0 Å². The molecular weight excluding hydrogens is 781 g/mol. The summed E-state index contributed by atoms with van der Waals surface area (Å²) in [7, 11) is 0. The first-order valence-corrected chi connectivity index (χ1v) is 23.1. The number of ether oxygens (including phenoxy) is 1. The number of rotatable bonds is 2. The average Bonchev–Trinajstić information content (AvgIpc) is 3.91. The zero-order valence-corrected chi connectivity index (χ0v) is 37.3. The molecule has 13 rings (SSSR count). The Morgan fingerprint density at radius 1 is 0.365 bits per heavy atom. The smallest absolute Gasteiger partial charge is 0.135 e. The molecule has 9 aromatic carbocycles. The molecule has 0 N–H and O–H groups in total. The normalized spacial score (nSPS) is 14.1. The Kier molecular flexibility index (Phi) is 7.42. The monoisotopic (exact) mass is 826 g/mol. The van der Waals surface area contributed by atoms with Gasteiger partial charge in [-0.25, -0.2) is 0 Å². The Morgan fingerprint density at radius 3 is 1.68 bits per heavy atom. The fourth-order valence-corrected chi connectivity index (χ4v) is 12.3. The Labute approximate surface area is 373 Å². The molecule has 10 aromatic rings. The maximum Gasteiger partial charge on any atom is 0.135 e. The summed E-state index contributed by atoms with van der Waals surface area (Å²) in [6.45, 7) is 14.0. The van der Waals surface area contributed by atoms with Crippen LogP contribution >= 0.6 is 11.3 Å². The SMILES string of the molecule is CC(C)(C)c1ccc2c(c1)C1(c3ccccc3-c3ccc(-c4ccc5c(c4)-c4cccc6c(-c7ccc8sc9ccccc9c8c7)ccc(c46)O5)cc31)c1cc(C(C)(C)C)ccc1-2. The molecule has 3 aliphatic rings. The van der Waals surface area contributed by atoms with E-state index in [1.54, 1.807) is 0 Å². The lowest BCUT2D eigenvalue weighted by Crippen LogP contribution is -2.27. The van der Waals surface area contributed by atoms with E-state index in [-0.39, 0.29) is 10.8 Å². The minimum absolute atomic E-state index is 0.00427. The molecule has 2 heteroatoms. The van der Waals surface area contributed by atoms with Gasteiger partial charge in [-0.05, 0) is 142 Å². The molecule has 1 aromatic heterocycles. The van der Waals surface area contributed by atoms with Gasteiger partial charge in [-0.15, -0.1) is 11.3 Å². The van der Waals surface area contributed by atoms with E-state index in [0.29, 0.717) is 0 Å². The Hall–Kier alpha value is -6.74. The second-order valence-electron chi connectivity index (χ2n) is 20.0. The molecule has 0 bridgehead atoms. The molecule has 63 heavy (non-hydrogen) atoms. The highest BCUT2D eigenvalue weighted by molar-refractivity contribution is 7.25. The van der Waals surface area contributed by atoms with Crippen LogP contribution in [-0.2, 0) is 16.2 Å². The van der Waals surface area contributed by atoms with E-state index in [1.807, 2.05) is 11.3 Å². The van der Waals surface area contributed by atoms with E-state index in [9.17, 15) is 0 Å². The topological polar surface area (TPSA) is 9.23 Å².